The summed E-state index contributed by atoms with van der Waals surface area (Å²) in [7, 11) is 0. The van der Waals surface area contributed by atoms with Crippen LogP contribution in [0.3, 0.4) is 0 Å². The summed E-state index contributed by atoms with van der Waals surface area (Å²) in [5, 5.41) is 10.7. The molecular formula is C7H7N3. The van der Waals surface area contributed by atoms with Crippen molar-refractivity contribution in [3.8, 4) is 6.19 Å². The van der Waals surface area contributed by atoms with E-state index < -0.39 is 0 Å². The van der Waals surface area contributed by atoms with E-state index in [4.69, 9.17) is 5.26 Å². The van der Waals surface area contributed by atoms with Crippen LogP contribution in [-0.4, -0.2) is 4.98 Å². The molecule has 0 radical (unpaired) electrons. The highest BCUT2D eigenvalue weighted by Gasteiger charge is 1.88. The van der Waals surface area contributed by atoms with Gasteiger partial charge in [-0.05, 0) is 24.6 Å². The first-order valence-corrected chi connectivity index (χ1v) is 2.90. The maximum atomic E-state index is 8.21. The van der Waals surface area contributed by atoms with E-state index in [1.54, 1.807) is 12.4 Å². The Labute approximate surface area is 59.3 Å². The van der Waals surface area contributed by atoms with Crippen LogP contribution in [0.15, 0.2) is 18.3 Å². The number of aromatic nitrogens is 1. The van der Waals surface area contributed by atoms with E-state index in [1.807, 2.05) is 19.1 Å². The highest BCUT2D eigenvalue weighted by molar-refractivity contribution is 5.40. The highest BCUT2D eigenvalue weighted by Crippen LogP contribution is 2.03. The van der Waals surface area contributed by atoms with Gasteiger partial charge in [-0.3, -0.25) is 5.32 Å². The molecule has 1 aromatic rings. The normalized spacial score (nSPS) is 8.40. The van der Waals surface area contributed by atoms with Crippen LogP contribution in [0.25, 0.3) is 0 Å². The first-order valence-electron chi connectivity index (χ1n) is 2.90. The molecule has 0 saturated heterocycles. The Morgan fingerprint density at radius 1 is 1.70 bits per heavy atom. The quantitative estimate of drug-likeness (QED) is 0.463. The smallest absolute Gasteiger partial charge is 0.182 e. The lowest BCUT2D eigenvalue weighted by Gasteiger charge is -1.94. The summed E-state index contributed by atoms with van der Waals surface area (Å²) >= 11 is 0. The first-order chi connectivity index (χ1) is 4.83. The third-order valence-corrected chi connectivity index (χ3v) is 1.10. The van der Waals surface area contributed by atoms with Crippen LogP contribution >= 0.6 is 0 Å². The van der Waals surface area contributed by atoms with Gasteiger partial charge in [0.2, 0.25) is 0 Å². The molecule has 3 nitrogen and oxygen atoms in total. The fourth-order valence-electron chi connectivity index (χ4n) is 0.662. The molecule has 10 heavy (non-hydrogen) atoms. The molecule has 50 valence electrons. The molecule has 1 aromatic heterocycles. The molecule has 3 heteroatoms. The maximum Gasteiger partial charge on any atom is 0.182 e. The van der Waals surface area contributed by atoms with Crippen LogP contribution in [0.4, 0.5) is 5.82 Å². The van der Waals surface area contributed by atoms with Gasteiger partial charge in [-0.15, -0.1) is 0 Å². The topological polar surface area (TPSA) is 48.7 Å². The van der Waals surface area contributed by atoms with Gasteiger partial charge in [0.1, 0.15) is 5.82 Å². The Morgan fingerprint density at radius 3 is 3.10 bits per heavy atom. The molecule has 0 unspecified atom stereocenters. The van der Waals surface area contributed by atoms with Crippen molar-refractivity contribution in [2.75, 3.05) is 5.32 Å². The molecule has 0 fully saturated rings. The monoisotopic (exact) mass is 133 g/mol. The minimum atomic E-state index is 0.600. The molecule has 1 heterocycles. The number of hydrogen-bond acceptors (Lipinski definition) is 3. The molecule has 0 saturated carbocycles. The van der Waals surface area contributed by atoms with Crippen LogP contribution in [0.5, 0.6) is 0 Å². The van der Waals surface area contributed by atoms with Crippen molar-refractivity contribution in [1.82, 2.24) is 4.98 Å². The van der Waals surface area contributed by atoms with Crippen LogP contribution in [0, 0.1) is 18.4 Å². The Hall–Kier alpha value is -1.56. The van der Waals surface area contributed by atoms with Gasteiger partial charge >= 0.3 is 0 Å². The van der Waals surface area contributed by atoms with Gasteiger partial charge in [-0.2, -0.15) is 5.26 Å². The minimum absolute atomic E-state index is 0.600. The second kappa shape index (κ2) is 2.83. The van der Waals surface area contributed by atoms with Gasteiger partial charge < -0.3 is 0 Å². The lowest BCUT2D eigenvalue weighted by Crippen LogP contribution is -1.90. The summed E-state index contributed by atoms with van der Waals surface area (Å²) in [6.07, 6.45) is 3.46. The molecule has 0 aromatic carbocycles. The Balaban J connectivity index is 2.87. The lowest BCUT2D eigenvalue weighted by atomic mass is 10.3. The van der Waals surface area contributed by atoms with Crippen molar-refractivity contribution >= 4 is 5.82 Å². The van der Waals surface area contributed by atoms with Gasteiger partial charge in [-0.1, -0.05) is 0 Å². The second-order valence-corrected chi connectivity index (χ2v) is 1.96. The number of anilines is 1. The third-order valence-electron chi connectivity index (χ3n) is 1.10. The van der Waals surface area contributed by atoms with Crippen molar-refractivity contribution in [3.63, 3.8) is 0 Å². The predicted octanol–water partition coefficient (Wildman–Crippen LogP) is 1.28. The SMILES string of the molecule is Cc1ccnc(NC#N)c1. The molecule has 0 aliphatic rings. The van der Waals surface area contributed by atoms with E-state index in [0.717, 1.165) is 5.56 Å². The van der Waals surface area contributed by atoms with E-state index >= 15 is 0 Å². The number of nitriles is 1. The fraction of sp³-hybridized carbons (Fsp3) is 0.143. The number of aryl methyl sites for hydroxylation is 1. The van der Waals surface area contributed by atoms with Crippen LogP contribution < -0.4 is 5.32 Å². The van der Waals surface area contributed by atoms with Crippen molar-refractivity contribution in [1.29, 1.82) is 5.26 Å². The number of nitrogens with zero attached hydrogens (tertiary/aromatic N) is 2. The van der Waals surface area contributed by atoms with Crippen molar-refractivity contribution < 1.29 is 0 Å². The maximum absolute atomic E-state index is 8.21. The van der Waals surface area contributed by atoms with E-state index in [9.17, 15) is 0 Å². The zero-order valence-electron chi connectivity index (χ0n) is 5.63. The summed E-state index contributed by atoms with van der Waals surface area (Å²) in [6, 6.07) is 3.69. The summed E-state index contributed by atoms with van der Waals surface area (Å²) in [6.45, 7) is 1.95. The molecule has 0 aliphatic heterocycles. The van der Waals surface area contributed by atoms with Crippen LogP contribution in [-0.2, 0) is 0 Å². The van der Waals surface area contributed by atoms with Gasteiger partial charge in [0.15, 0.2) is 6.19 Å². The molecule has 0 aliphatic carbocycles. The summed E-state index contributed by atoms with van der Waals surface area (Å²) in [4.78, 5) is 3.90. The largest absolute Gasteiger partial charge is 0.277 e. The predicted molar refractivity (Wildman–Crippen MR) is 38.2 cm³/mol. The molecule has 0 amide bonds. The third kappa shape index (κ3) is 1.46. The molecule has 1 N–H and O–H groups in total. The molecular weight excluding hydrogens is 126 g/mol. The Bertz CT molecular complexity index is 262. The first kappa shape index (κ1) is 6.56. The second-order valence-electron chi connectivity index (χ2n) is 1.96. The average molecular weight is 133 g/mol. The summed E-state index contributed by atoms with van der Waals surface area (Å²) < 4.78 is 0. The summed E-state index contributed by atoms with van der Waals surface area (Å²) in [5.74, 6) is 0.600. The molecule has 0 spiro atoms. The van der Waals surface area contributed by atoms with E-state index in [1.165, 1.54) is 0 Å². The summed E-state index contributed by atoms with van der Waals surface area (Å²) in [5.41, 5.74) is 1.09. The van der Waals surface area contributed by atoms with Crippen molar-refractivity contribution in [2.45, 2.75) is 6.92 Å². The molecule has 1 rings (SSSR count). The van der Waals surface area contributed by atoms with Crippen molar-refractivity contribution in [2.24, 2.45) is 0 Å². The van der Waals surface area contributed by atoms with Crippen LogP contribution in [0.1, 0.15) is 5.56 Å². The zero-order chi connectivity index (χ0) is 7.40. The van der Waals surface area contributed by atoms with E-state index in [2.05, 4.69) is 10.3 Å². The Morgan fingerprint density at radius 2 is 2.50 bits per heavy atom. The van der Waals surface area contributed by atoms with E-state index in [0.29, 0.717) is 5.82 Å². The minimum Gasteiger partial charge on any atom is -0.277 e. The van der Waals surface area contributed by atoms with Gasteiger partial charge in [-0.25, -0.2) is 4.98 Å². The van der Waals surface area contributed by atoms with Gasteiger partial charge in [0.25, 0.3) is 0 Å². The number of nitrogens with one attached hydrogen (secondary N) is 1. The zero-order valence-corrected chi connectivity index (χ0v) is 5.63. The number of pyridine rings is 1. The standard InChI is InChI=1S/C7H7N3/c1-6-2-3-9-7(4-6)10-5-8/h2-4H,1H3,(H,9,10). The number of rotatable bonds is 1. The number of hydrogen-bond donors (Lipinski definition) is 1. The van der Waals surface area contributed by atoms with Gasteiger partial charge in [0, 0.05) is 6.20 Å². The molecule has 0 atom stereocenters. The van der Waals surface area contributed by atoms with Crippen LogP contribution in [0.2, 0.25) is 0 Å². The highest BCUT2D eigenvalue weighted by atomic mass is 15.0. The Kier molecular flexibility index (Phi) is 1.86. The van der Waals surface area contributed by atoms with Crippen molar-refractivity contribution in [3.05, 3.63) is 23.9 Å². The fourth-order valence-corrected chi connectivity index (χ4v) is 0.662. The average Bonchev–Trinajstić information content (AvgIpc) is 1.88. The molecule has 0 bridgehead atoms. The van der Waals surface area contributed by atoms with E-state index in [-0.39, 0.29) is 0 Å². The lowest BCUT2D eigenvalue weighted by molar-refractivity contribution is 1.27. The van der Waals surface area contributed by atoms with Gasteiger partial charge in [0.05, 0.1) is 0 Å².